The predicted octanol–water partition coefficient (Wildman–Crippen LogP) is 2.14. The topological polar surface area (TPSA) is 26.7 Å². The van der Waals surface area contributed by atoms with Gasteiger partial charge in [-0.2, -0.15) is 0 Å². The Kier molecular flexibility index (Phi) is 4.83. The van der Waals surface area contributed by atoms with Crippen molar-refractivity contribution in [1.29, 1.82) is 0 Å². The molecule has 1 aliphatic rings. The van der Waals surface area contributed by atoms with Crippen LogP contribution in [0.1, 0.15) is 25.8 Å². The van der Waals surface area contributed by atoms with Crippen LogP contribution in [0.15, 0.2) is 24.3 Å². The number of aliphatic hydroxyl groups is 1. The molecule has 3 nitrogen and oxygen atoms in total. The zero-order chi connectivity index (χ0) is 13.8. The van der Waals surface area contributed by atoms with E-state index in [0.717, 1.165) is 25.9 Å². The van der Waals surface area contributed by atoms with Crippen molar-refractivity contribution in [3.8, 4) is 0 Å². The number of para-hydroxylation sites is 1. The summed E-state index contributed by atoms with van der Waals surface area (Å²) in [5.74, 6) is 0. The molecule has 106 valence electrons. The number of anilines is 1. The van der Waals surface area contributed by atoms with Crippen molar-refractivity contribution in [3.05, 3.63) is 29.8 Å². The van der Waals surface area contributed by atoms with Crippen LogP contribution in [0.5, 0.6) is 0 Å². The Balaban J connectivity index is 2.28. The van der Waals surface area contributed by atoms with Gasteiger partial charge in [0.2, 0.25) is 0 Å². The van der Waals surface area contributed by atoms with Crippen molar-refractivity contribution in [2.24, 2.45) is 0 Å². The molecule has 3 heteroatoms. The smallest absolute Gasteiger partial charge is 0.0451 e. The largest absolute Gasteiger partial charge is 0.396 e. The molecule has 0 spiro atoms. The Morgan fingerprint density at radius 1 is 1.26 bits per heavy atom. The summed E-state index contributed by atoms with van der Waals surface area (Å²) < 4.78 is 0. The summed E-state index contributed by atoms with van der Waals surface area (Å²) in [5.41, 5.74) is 2.76. The molecule has 1 heterocycles. The number of piperazine rings is 1. The van der Waals surface area contributed by atoms with Crippen molar-refractivity contribution in [3.63, 3.8) is 0 Å². The van der Waals surface area contributed by atoms with Gasteiger partial charge in [0.1, 0.15) is 0 Å². The number of rotatable bonds is 4. The second-order valence-electron chi connectivity index (χ2n) is 5.59. The number of benzene rings is 1. The van der Waals surface area contributed by atoms with Gasteiger partial charge < -0.3 is 10.0 Å². The molecular weight excluding hydrogens is 236 g/mol. The van der Waals surface area contributed by atoms with Gasteiger partial charge in [0.15, 0.2) is 0 Å². The van der Waals surface area contributed by atoms with Gasteiger partial charge >= 0.3 is 0 Å². The molecule has 1 N–H and O–H groups in total. The summed E-state index contributed by atoms with van der Waals surface area (Å²) in [5, 5.41) is 9.32. The first kappa shape index (κ1) is 14.4. The minimum absolute atomic E-state index is 0.262. The summed E-state index contributed by atoms with van der Waals surface area (Å²) in [6.45, 7) is 6.81. The fourth-order valence-corrected chi connectivity index (χ4v) is 2.97. The van der Waals surface area contributed by atoms with Crippen LogP contribution in [0.25, 0.3) is 0 Å². The summed E-state index contributed by atoms with van der Waals surface area (Å²) >= 11 is 0. The molecule has 2 unspecified atom stereocenters. The number of hydrogen-bond acceptors (Lipinski definition) is 3. The van der Waals surface area contributed by atoms with Crippen molar-refractivity contribution in [2.75, 3.05) is 31.6 Å². The average Bonchev–Trinajstić information content (AvgIpc) is 2.43. The molecule has 0 bridgehead atoms. The lowest BCUT2D eigenvalue weighted by molar-refractivity contribution is 0.177. The lowest BCUT2D eigenvalue weighted by atomic mass is 10.0. The van der Waals surface area contributed by atoms with E-state index in [1.54, 1.807) is 0 Å². The van der Waals surface area contributed by atoms with Gasteiger partial charge in [0.25, 0.3) is 0 Å². The summed E-state index contributed by atoms with van der Waals surface area (Å²) in [4.78, 5) is 4.89. The minimum atomic E-state index is 0.262. The molecule has 0 saturated carbocycles. The lowest BCUT2D eigenvalue weighted by Gasteiger charge is -2.45. The van der Waals surface area contributed by atoms with Crippen molar-refractivity contribution < 1.29 is 5.11 Å². The highest BCUT2D eigenvalue weighted by molar-refractivity contribution is 5.55. The second-order valence-corrected chi connectivity index (χ2v) is 5.59. The fourth-order valence-electron chi connectivity index (χ4n) is 2.97. The average molecular weight is 262 g/mol. The number of hydrogen-bond donors (Lipinski definition) is 1. The summed E-state index contributed by atoms with van der Waals surface area (Å²) in [7, 11) is 2.18. The summed E-state index contributed by atoms with van der Waals surface area (Å²) in [6, 6.07) is 9.64. The lowest BCUT2D eigenvalue weighted by Crippen LogP contribution is -2.56. The van der Waals surface area contributed by atoms with E-state index >= 15 is 0 Å². The zero-order valence-corrected chi connectivity index (χ0v) is 12.3. The first-order valence-electron chi connectivity index (χ1n) is 7.33. The van der Waals surface area contributed by atoms with E-state index in [9.17, 15) is 5.11 Å². The molecule has 1 aromatic rings. The van der Waals surface area contributed by atoms with Crippen LogP contribution >= 0.6 is 0 Å². The molecule has 1 aromatic carbocycles. The SMILES string of the molecule is CCc1ccccc1N1CC(C)N(C)CC1CCO. The van der Waals surface area contributed by atoms with Crippen LogP contribution in [0.4, 0.5) is 5.69 Å². The van der Waals surface area contributed by atoms with Crippen LogP contribution < -0.4 is 4.90 Å². The molecule has 1 aliphatic heterocycles. The first-order valence-corrected chi connectivity index (χ1v) is 7.33. The number of nitrogens with zero attached hydrogens (tertiary/aromatic N) is 2. The van der Waals surface area contributed by atoms with Gasteiger partial charge in [-0.25, -0.2) is 0 Å². The molecule has 0 radical (unpaired) electrons. The van der Waals surface area contributed by atoms with Crippen LogP contribution in [-0.4, -0.2) is 48.8 Å². The van der Waals surface area contributed by atoms with E-state index in [2.05, 4.69) is 55.0 Å². The fraction of sp³-hybridized carbons (Fsp3) is 0.625. The van der Waals surface area contributed by atoms with E-state index in [4.69, 9.17) is 0 Å². The first-order chi connectivity index (χ1) is 9.17. The number of likely N-dealkylation sites (N-methyl/N-ethyl adjacent to an activating group) is 1. The maximum Gasteiger partial charge on any atom is 0.0451 e. The quantitative estimate of drug-likeness (QED) is 0.900. The Morgan fingerprint density at radius 2 is 2.00 bits per heavy atom. The van der Waals surface area contributed by atoms with Crippen LogP contribution in [0, 0.1) is 0 Å². The Morgan fingerprint density at radius 3 is 2.68 bits per heavy atom. The Hall–Kier alpha value is -1.06. The van der Waals surface area contributed by atoms with Crippen molar-refractivity contribution >= 4 is 5.69 Å². The third-order valence-electron chi connectivity index (χ3n) is 4.30. The van der Waals surface area contributed by atoms with Crippen LogP contribution in [0.2, 0.25) is 0 Å². The molecule has 2 rings (SSSR count). The van der Waals surface area contributed by atoms with E-state index in [-0.39, 0.29) is 6.61 Å². The highest BCUT2D eigenvalue weighted by Crippen LogP contribution is 2.27. The second kappa shape index (κ2) is 6.40. The monoisotopic (exact) mass is 262 g/mol. The van der Waals surface area contributed by atoms with Gasteiger partial charge in [-0.15, -0.1) is 0 Å². The van der Waals surface area contributed by atoms with Gasteiger partial charge in [0.05, 0.1) is 0 Å². The standard InChI is InChI=1S/C16H26N2O/c1-4-14-7-5-6-8-16(14)18-11-13(2)17(3)12-15(18)9-10-19/h5-8,13,15,19H,4,9-12H2,1-3H3. The maximum absolute atomic E-state index is 9.32. The van der Waals surface area contributed by atoms with Crippen LogP contribution in [-0.2, 0) is 6.42 Å². The zero-order valence-electron chi connectivity index (χ0n) is 12.3. The van der Waals surface area contributed by atoms with Crippen molar-refractivity contribution in [2.45, 2.75) is 38.8 Å². The van der Waals surface area contributed by atoms with E-state index in [0.29, 0.717) is 12.1 Å². The van der Waals surface area contributed by atoms with E-state index < -0.39 is 0 Å². The minimum Gasteiger partial charge on any atom is -0.396 e. The molecule has 2 atom stereocenters. The molecule has 0 aliphatic carbocycles. The van der Waals surface area contributed by atoms with Gasteiger partial charge in [-0.3, -0.25) is 4.90 Å². The molecule has 0 aromatic heterocycles. The molecule has 19 heavy (non-hydrogen) atoms. The summed E-state index contributed by atoms with van der Waals surface area (Å²) in [6.07, 6.45) is 1.90. The van der Waals surface area contributed by atoms with Gasteiger partial charge in [-0.05, 0) is 38.4 Å². The van der Waals surface area contributed by atoms with Crippen molar-refractivity contribution in [1.82, 2.24) is 4.90 Å². The number of aryl methyl sites for hydroxylation is 1. The highest BCUT2D eigenvalue weighted by atomic mass is 16.3. The third kappa shape index (κ3) is 3.10. The Labute approximate surface area is 116 Å². The number of aliphatic hydroxyl groups excluding tert-OH is 1. The highest BCUT2D eigenvalue weighted by Gasteiger charge is 2.30. The van der Waals surface area contributed by atoms with E-state index in [1.807, 2.05) is 0 Å². The Bertz CT molecular complexity index is 407. The van der Waals surface area contributed by atoms with Crippen LogP contribution in [0.3, 0.4) is 0 Å². The third-order valence-corrected chi connectivity index (χ3v) is 4.30. The van der Waals surface area contributed by atoms with Gasteiger partial charge in [0, 0.05) is 37.5 Å². The van der Waals surface area contributed by atoms with E-state index in [1.165, 1.54) is 11.3 Å². The molecule has 1 saturated heterocycles. The normalized spacial score (nSPS) is 24.7. The molecule has 1 fully saturated rings. The van der Waals surface area contributed by atoms with Gasteiger partial charge in [-0.1, -0.05) is 25.1 Å². The predicted molar refractivity (Wildman–Crippen MR) is 80.7 cm³/mol. The molecule has 0 amide bonds. The maximum atomic E-state index is 9.32. The molecular formula is C16H26N2O.